The van der Waals surface area contributed by atoms with Gasteiger partial charge in [-0.15, -0.1) is 0 Å². The fraction of sp³-hybridized carbons (Fsp3) is 0.583. The summed E-state index contributed by atoms with van der Waals surface area (Å²) in [6.07, 6.45) is 2.16. The topological polar surface area (TPSA) is 43.4 Å². The average Bonchev–Trinajstić information content (AvgIpc) is 2.39. The van der Waals surface area contributed by atoms with Crippen LogP contribution in [0.4, 0.5) is 5.82 Å². The summed E-state index contributed by atoms with van der Waals surface area (Å²) in [7, 11) is 1.83. The molecule has 0 radical (unpaired) electrons. The highest BCUT2D eigenvalue weighted by atomic mass is 35.5. The van der Waals surface area contributed by atoms with Crippen molar-refractivity contribution < 1.29 is 9.47 Å². The molecule has 17 heavy (non-hydrogen) atoms. The number of pyridine rings is 1. The van der Waals surface area contributed by atoms with Gasteiger partial charge in [0.2, 0.25) is 0 Å². The van der Waals surface area contributed by atoms with Crippen molar-refractivity contribution >= 4 is 17.4 Å². The molecule has 0 aromatic carbocycles. The number of anilines is 1. The highest BCUT2D eigenvalue weighted by Crippen LogP contribution is 2.19. The Bertz CT molecular complexity index is 368. The minimum Gasteiger partial charge on any atom is -0.381 e. The molecular formula is C12H17ClN2O2. The molecule has 0 aliphatic carbocycles. The summed E-state index contributed by atoms with van der Waals surface area (Å²) in [6, 6.07) is 3.68. The van der Waals surface area contributed by atoms with Gasteiger partial charge in [0.05, 0.1) is 23.4 Å². The van der Waals surface area contributed by atoms with Crippen molar-refractivity contribution in [1.29, 1.82) is 0 Å². The Balaban J connectivity index is 1.92. The SMILES string of the molecule is CNc1ccc(Cl)c(COC2CCOCC2)n1. The minimum absolute atomic E-state index is 0.264. The lowest BCUT2D eigenvalue weighted by atomic mass is 10.1. The third-order valence-electron chi connectivity index (χ3n) is 2.80. The Morgan fingerprint density at radius 2 is 2.24 bits per heavy atom. The van der Waals surface area contributed by atoms with Crippen molar-refractivity contribution in [3.8, 4) is 0 Å². The van der Waals surface area contributed by atoms with Gasteiger partial charge in [-0.05, 0) is 25.0 Å². The van der Waals surface area contributed by atoms with Gasteiger partial charge in [-0.1, -0.05) is 11.6 Å². The molecule has 1 N–H and O–H groups in total. The minimum atomic E-state index is 0.264. The van der Waals surface area contributed by atoms with Crippen molar-refractivity contribution in [1.82, 2.24) is 4.98 Å². The van der Waals surface area contributed by atoms with Crippen LogP contribution in [0.25, 0.3) is 0 Å². The number of rotatable bonds is 4. The van der Waals surface area contributed by atoms with Crippen molar-refractivity contribution in [3.63, 3.8) is 0 Å². The van der Waals surface area contributed by atoms with Crippen LogP contribution in [-0.2, 0) is 16.1 Å². The zero-order valence-corrected chi connectivity index (χ0v) is 10.7. The molecule has 5 heteroatoms. The Labute approximate surface area is 106 Å². The van der Waals surface area contributed by atoms with E-state index in [9.17, 15) is 0 Å². The number of hydrogen-bond acceptors (Lipinski definition) is 4. The molecule has 1 aliphatic heterocycles. The first kappa shape index (κ1) is 12.6. The second-order valence-corrected chi connectivity index (χ2v) is 4.40. The Kier molecular flexibility index (Phi) is 4.59. The maximum absolute atomic E-state index is 6.08. The Morgan fingerprint density at radius 1 is 1.47 bits per heavy atom. The Morgan fingerprint density at radius 3 is 2.94 bits per heavy atom. The van der Waals surface area contributed by atoms with Gasteiger partial charge in [-0.25, -0.2) is 4.98 Å². The molecule has 94 valence electrons. The van der Waals surface area contributed by atoms with Crippen LogP contribution < -0.4 is 5.32 Å². The second kappa shape index (κ2) is 6.19. The number of ether oxygens (including phenoxy) is 2. The van der Waals surface area contributed by atoms with Gasteiger partial charge in [0.15, 0.2) is 0 Å². The zero-order chi connectivity index (χ0) is 12.1. The maximum Gasteiger partial charge on any atom is 0.126 e. The summed E-state index contributed by atoms with van der Waals surface area (Å²) in [5.74, 6) is 0.806. The fourth-order valence-corrected chi connectivity index (χ4v) is 1.92. The van der Waals surface area contributed by atoms with Crippen molar-refractivity contribution in [2.75, 3.05) is 25.6 Å². The van der Waals surface area contributed by atoms with E-state index in [2.05, 4.69) is 10.3 Å². The third kappa shape index (κ3) is 3.56. The predicted octanol–water partition coefficient (Wildman–Crippen LogP) is 2.47. The van der Waals surface area contributed by atoms with Gasteiger partial charge in [0, 0.05) is 20.3 Å². The van der Waals surface area contributed by atoms with Crippen molar-refractivity contribution in [2.45, 2.75) is 25.6 Å². The highest BCUT2D eigenvalue weighted by Gasteiger charge is 2.15. The molecule has 1 aromatic heterocycles. The number of aromatic nitrogens is 1. The average molecular weight is 257 g/mol. The normalized spacial score (nSPS) is 17.1. The fourth-order valence-electron chi connectivity index (χ4n) is 1.76. The summed E-state index contributed by atoms with van der Waals surface area (Å²) in [5, 5.41) is 3.64. The van der Waals surface area contributed by atoms with Gasteiger partial charge in [0.25, 0.3) is 0 Å². The molecule has 0 spiro atoms. The van der Waals surface area contributed by atoms with E-state index in [0.717, 1.165) is 37.6 Å². The first-order valence-electron chi connectivity index (χ1n) is 5.82. The van der Waals surface area contributed by atoms with E-state index in [4.69, 9.17) is 21.1 Å². The molecule has 1 fully saturated rings. The van der Waals surface area contributed by atoms with Crippen LogP contribution >= 0.6 is 11.6 Å². The molecule has 0 atom stereocenters. The number of nitrogens with zero attached hydrogens (tertiary/aromatic N) is 1. The van der Waals surface area contributed by atoms with E-state index in [1.165, 1.54) is 0 Å². The molecule has 1 aromatic rings. The molecular weight excluding hydrogens is 240 g/mol. The van der Waals surface area contributed by atoms with E-state index in [1.54, 1.807) is 0 Å². The number of hydrogen-bond donors (Lipinski definition) is 1. The van der Waals surface area contributed by atoms with E-state index in [-0.39, 0.29) is 6.10 Å². The van der Waals surface area contributed by atoms with Crippen LogP contribution in [0.5, 0.6) is 0 Å². The third-order valence-corrected chi connectivity index (χ3v) is 3.14. The van der Waals surface area contributed by atoms with E-state index in [0.29, 0.717) is 11.6 Å². The van der Waals surface area contributed by atoms with E-state index >= 15 is 0 Å². The second-order valence-electron chi connectivity index (χ2n) is 4.00. The van der Waals surface area contributed by atoms with Crippen molar-refractivity contribution in [2.24, 2.45) is 0 Å². The highest BCUT2D eigenvalue weighted by molar-refractivity contribution is 6.31. The van der Waals surface area contributed by atoms with Crippen LogP contribution in [-0.4, -0.2) is 31.3 Å². The summed E-state index contributed by atoms with van der Waals surface area (Å²) >= 11 is 6.08. The maximum atomic E-state index is 6.08. The monoisotopic (exact) mass is 256 g/mol. The summed E-state index contributed by atoms with van der Waals surface area (Å²) in [4.78, 5) is 4.38. The standard InChI is InChI=1S/C12H17ClN2O2/c1-14-12-3-2-10(13)11(15-12)8-17-9-4-6-16-7-5-9/h2-3,9H,4-8H2,1H3,(H,14,15). The van der Waals surface area contributed by atoms with Gasteiger partial charge in [-0.2, -0.15) is 0 Å². The first-order chi connectivity index (χ1) is 8.29. The first-order valence-corrected chi connectivity index (χ1v) is 6.20. The zero-order valence-electron chi connectivity index (χ0n) is 9.91. The molecule has 1 aliphatic rings. The van der Waals surface area contributed by atoms with E-state index in [1.807, 2.05) is 19.2 Å². The van der Waals surface area contributed by atoms with Crippen LogP contribution in [0.15, 0.2) is 12.1 Å². The lowest BCUT2D eigenvalue weighted by Gasteiger charge is -2.22. The lowest BCUT2D eigenvalue weighted by Crippen LogP contribution is -2.23. The van der Waals surface area contributed by atoms with Gasteiger partial charge in [0.1, 0.15) is 5.82 Å². The largest absolute Gasteiger partial charge is 0.381 e. The summed E-state index contributed by atoms with van der Waals surface area (Å²) in [6.45, 7) is 2.02. The smallest absolute Gasteiger partial charge is 0.126 e. The molecule has 1 saturated heterocycles. The number of nitrogens with one attached hydrogen (secondary N) is 1. The van der Waals surface area contributed by atoms with Crippen LogP contribution in [0.1, 0.15) is 18.5 Å². The molecule has 4 nitrogen and oxygen atoms in total. The molecule has 0 unspecified atom stereocenters. The van der Waals surface area contributed by atoms with Gasteiger partial charge in [-0.3, -0.25) is 0 Å². The number of halogens is 1. The lowest BCUT2D eigenvalue weighted by molar-refractivity contribution is -0.0398. The molecule has 2 heterocycles. The predicted molar refractivity (Wildman–Crippen MR) is 67.4 cm³/mol. The summed E-state index contributed by atoms with van der Waals surface area (Å²) in [5.41, 5.74) is 0.782. The summed E-state index contributed by atoms with van der Waals surface area (Å²) < 4.78 is 11.1. The molecule has 0 amide bonds. The molecule has 0 saturated carbocycles. The van der Waals surface area contributed by atoms with Crippen LogP contribution in [0, 0.1) is 0 Å². The van der Waals surface area contributed by atoms with Crippen LogP contribution in [0.3, 0.4) is 0 Å². The molecule has 0 bridgehead atoms. The van der Waals surface area contributed by atoms with Crippen LogP contribution in [0.2, 0.25) is 5.02 Å². The van der Waals surface area contributed by atoms with E-state index < -0.39 is 0 Å². The molecule has 2 rings (SSSR count). The van der Waals surface area contributed by atoms with Crippen molar-refractivity contribution in [3.05, 3.63) is 22.8 Å². The Hall–Kier alpha value is -0.840. The van der Waals surface area contributed by atoms with Gasteiger partial charge < -0.3 is 14.8 Å². The quantitative estimate of drug-likeness (QED) is 0.899. The van der Waals surface area contributed by atoms with Gasteiger partial charge >= 0.3 is 0 Å².